The van der Waals surface area contributed by atoms with Gasteiger partial charge in [0.25, 0.3) is 11.6 Å². The number of rotatable bonds is 7. The number of para-hydroxylation sites is 1. The number of hydrogen-bond acceptors (Lipinski definition) is 6. The van der Waals surface area contributed by atoms with Crippen LogP contribution >= 0.6 is 0 Å². The maximum absolute atomic E-state index is 13.3. The van der Waals surface area contributed by atoms with Crippen LogP contribution in [-0.4, -0.2) is 35.5 Å². The quantitative estimate of drug-likeness (QED) is 0.336. The number of non-ortho nitro benzene ring substituents is 1. The molecule has 1 aliphatic rings. The summed E-state index contributed by atoms with van der Waals surface area (Å²) < 4.78 is 11.2. The molecule has 0 fully saturated rings. The third-order valence-corrected chi connectivity index (χ3v) is 5.18. The Bertz CT molecular complexity index is 1170. The van der Waals surface area contributed by atoms with Crippen molar-refractivity contribution in [1.29, 1.82) is 0 Å². The van der Waals surface area contributed by atoms with E-state index in [1.807, 2.05) is 6.92 Å². The van der Waals surface area contributed by atoms with Gasteiger partial charge in [-0.1, -0.05) is 12.1 Å². The maximum Gasteiger partial charge on any atom is 0.290 e. The summed E-state index contributed by atoms with van der Waals surface area (Å²) in [5.41, 5.74) is 0.913. The molecule has 0 saturated carbocycles. The molecule has 1 atom stereocenters. The highest BCUT2D eigenvalue weighted by Gasteiger charge is 2.42. The monoisotopic (exact) mass is 408 g/mol. The predicted molar refractivity (Wildman–Crippen MR) is 110 cm³/mol. The largest absolute Gasteiger partial charge is 0.450 e. The van der Waals surface area contributed by atoms with Crippen molar-refractivity contribution in [2.45, 2.75) is 19.4 Å². The summed E-state index contributed by atoms with van der Waals surface area (Å²) in [5.74, 6) is -0.342. The van der Waals surface area contributed by atoms with Gasteiger partial charge < -0.3 is 14.1 Å². The highest BCUT2D eigenvalue weighted by molar-refractivity contribution is 5.99. The third kappa shape index (κ3) is 3.35. The molecule has 1 aromatic heterocycles. The summed E-state index contributed by atoms with van der Waals surface area (Å²) in [5, 5.41) is 11.4. The molecule has 3 aromatic rings. The lowest BCUT2D eigenvalue weighted by atomic mass is 9.98. The molecule has 2 heterocycles. The van der Waals surface area contributed by atoms with Gasteiger partial charge in [0.15, 0.2) is 5.43 Å². The summed E-state index contributed by atoms with van der Waals surface area (Å²) in [6.45, 7) is 3.31. The lowest BCUT2D eigenvalue weighted by Crippen LogP contribution is -2.31. The van der Waals surface area contributed by atoms with E-state index in [-0.39, 0.29) is 28.3 Å². The Labute approximate surface area is 171 Å². The average molecular weight is 408 g/mol. The van der Waals surface area contributed by atoms with Gasteiger partial charge >= 0.3 is 0 Å². The van der Waals surface area contributed by atoms with Crippen molar-refractivity contribution in [1.82, 2.24) is 4.90 Å². The zero-order valence-electron chi connectivity index (χ0n) is 16.4. The zero-order chi connectivity index (χ0) is 21.3. The summed E-state index contributed by atoms with van der Waals surface area (Å²) >= 11 is 0. The van der Waals surface area contributed by atoms with Gasteiger partial charge in [-0.25, -0.2) is 0 Å². The fraction of sp³-hybridized carbons (Fsp3) is 0.273. The van der Waals surface area contributed by atoms with Crippen molar-refractivity contribution in [3.05, 3.63) is 85.8 Å². The molecule has 8 nitrogen and oxygen atoms in total. The SMILES string of the molecule is CCOCCCN1C(=O)c2oc3ccccc3c(=O)c2C1c1ccc([N+](=O)[O-])cc1. The van der Waals surface area contributed by atoms with Gasteiger partial charge in [0.1, 0.15) is 5.58 Å². The first-order chi connectivity index (χ1) is 14.5. The van der Waals surface area contributed by atoms with Crippen LogP contribution < -0.4 is 5.43 Å². The molecule has 154 valence electrons. The van der Waals surface area contributed by atoms with E-state index >= 15 is 0 Å². The van der Waals surface area contributed by atoms with Crippen molar-refractivity contribution in [3.8, 4) is 0 Å². The number of amides is 1. The van der Waals surface area contributed by atoms with Crippen molar-refractivity contribution >= 4 is 22.6 Å². The van der Waals surface area contributed by atoms with E-state index in [1.54, 1.807) is 41.3 Å². The van der Waals surface area contributed by atoms with Crippen LogP contribution in [0.25, 0.3) is 11.0 Å². The third-order valence-electron chi connectivity index (χ3n) is 5.18. The number of hydrogen-bond donors (Lipinski definition) is 0. The molecule has 0 radical (unpaired) electrons. The summed E-state index contributed by atoms with van der Waals surface area (Å²) in [7, 11) is 0. The van der Waals surface area contributed by atoms with Crippen LogP contribution in [0.4, 0.5) is 5.69 Å². The van der Waals surface area contributed by atoms with Crippen molar-refractivity contribution < 1.29 is 18.9 Å². The van der Waals surface area contributed by atoms with Gasteiger partial charge in [-0.3, -0.25) is 19.7 Å². The molecule has 8 heteroatoms. The number of nitro benzene ring substituents is 1. The summed E-state index contributed by atoms with van der Waals surface area (Å²) in [4.78, 5) is 38.5. The molecule has 0 N–H and O–H groups in total. The van der Waals surface area contributed by atoms with Gasteiger partial charge in [-0.05, 0) is 43.2 Å². The number of fused-ring (bicyclic) bond motifs is 2. The van der Waals surface area contributed by atoms with Crippen molar-refractivity contribution in [3.63, 3.8) is 0 Å². The second kappa shape index (κ2) is 8.08. The van der Waals surface area contributed by atoms with Crippen LogP contribution in [0.5, 0.6) is 0 Å². The van der Waals surface area contributed by atoms with Gasteiger partial charge in [0.2, 0.25) is 5.76 Å². The molecule has 4 rings (SSSR count). The Morgan fingerprint density at radius 1 is 1.13 bits per heavy atom. The first-order valence-corrected chi connectivity index (χ1v) is 9.71. The number of ether oxygens (including phenoxy) is 1. The smallest absolute Gasteiger partial charge is 0.290 e. The first kappa shape index (κ1) is 19.8. The van der Waals surface area contributed by atoms with Gasteiger partial charge in [-0.15, -0.1) is 0 Å². The van der Waals surface area contributed by atoms with E-state index in [2.05, 4.69) is 0 Å². The zero-order valence-corrected chi connectivity index (χ0v) is 16.4. The normalized spacial score (nSPS) is 15.6. The number of nitrogens with zero attached hydrogens (tertiary/aromatic N) is 2. The molecule has 0 saturated heterocycles. The highest BCUT2D eigenvalue weighted by atomic mass is 16.6. The lowest BCUT2D eigenvalue weighted by molar-refractivity contribution is -0.384. The second-order valence-electron chi connectivity index (χ2n) is 6.97. The predicted octanol–water partition coefficient (Wildman–Crippen LogP) is 3.67. The molecule has 1 unspecified atom stereocenters. The van der Waals surface area contributed by atoms with E-state index in [1.165, 1.54) is 12.1 Å². The summed E-state index contributed by atoms with van der Waals surface area (Å²) in [6, 6.07) is 12.0. The van der Waals surface area contributed by atoms with E-state index < -0.39 is 11.0 Å². The van der Waals surface area contributed by atoms with Crippen LogP contribution in [0, 0.1) is 10.1 Å². The minimum atomic E-state index is -0.671. The molecule has 0 spiro atoms. The molecule has 0 aliphatic carbocycles. The highest BCUT2D eigenvalue weighted by Crippen LogP contribution is 2.38. The number of carbonyl (C=O) groups excluding carboxylic acids is 1. The number of nitro groups is 1. The molecular weight excluding hydrogens is 388 g/mol. The minimum Gasteiger partial charge on any atom is -0.450 e. The molecule has 2 aromatic carbocycles. The molecule has 1 aliphatic heterocycles. The Morgan fingerprint density at radius 3 is 2.57 bits per heavy atom. The maximum atomic E-state index is 13.3. The van der Waals surface area contributed by atoms with Crippen LogP contribution in [0.2, 0.25) is 0 Å². The first-order valence-electron chi connectivity index (χ1n) is 9.71. The van der Waals surface area contributed by atoms with E-state index in [9.17, 15) is 19.7 Å². The Balaban J connectivity index is 1.83. The van der Waals surface area contributed by atoms with Crippen molar-refractivity contribution in [2.24, 2.45) is 0 Å². The number of carbonyl (C=O) groups is 1. The molecule has 0 bridgehead atoms. The Kier molecular flexibility index (Phi) is 5.33. The topological polar surface area (TPSA) is 103 Å². The lowest BCUT2D eigenvalue weighted by Gasteiger charge is -2.25. The second-order valence-corrected chi connectivity index (χ2v) is 6.97. The van der Waals surface area contributed by atoms with Crippen LogP contribution in [-0.2, 0) is 4.74 Å². The Hall–Kier alpha value is -3.52. The standard InChI is InChI=1S/C22H20N2O6/c1-2-29-13-5-12-23-19(14-8-10-15(11-9-14)24(27)28)18-20(25)16-6-3-4-7-17(16)30-21(18)22(23)26/h3-4,6-11,19H,2,5,12-13H2,1H3. The van der Waals surface area contributed by atoms with Crippen LogP contribution in [0.3, 0.4) is 0 Å². The fourth-order valence-corrected chi connectivity index (χ4v) is 3.80. The van der Waals surface area contributed by atoms with Crippen LogP contribution in [0.15, 0.2) is 57.7 Å². The average Bonchev–Trinajstić information content (AvgIpc) is 3.03. The van der Waals surface area contributed by atoms with Crippen LogP contribution in [0.1, 0.15) is 41.1 Å². The summed E-state index contributed by atoms with van der Waals surface area (Å²) in [6.07, 6.45) is 0.588. The van der Waals surface area contributed by atoms with E-state index in [0.29, 0.717) is 42.7 Å². The molecule has 1 amide bonds. The van der Waals surface area contributed by atoms with Crippen molar-refractivity contribution in [2.75, 3.05) is 19.8 Å². The molecular formula is C22H20N2O6. The van der Waals surface area contributed by atoms with Gasteiger partial charge in [0.05, 0.1) is 21.9 Å². The van der Waals surface area contributed by atoms with Gasteiger partial charge in [-0.2, -0.15) is 0 Å². The minimum absolute atomic E-state index is 0.0264. The molecule has 30 heavy (non-hydrogen) atoms. The Morgan fingerprint density at radius 2 is 1.87 bits per heavy atom. The van der Waals surface area contributed by atoms with E-state index in [4.69, 9.17) is 9.15 Å². The fourth-order valence-electron chi connectivity index (χ4n) is 3.80. The number of benzene rings is 2. The van der Waals surface area contributed by atoms with E-state index in [0.717, 1.165) is 0 Å². The van der Waals surface area contributed by atoms with Gasteiger partial charge in [0, 0.05) is 31.9 Å².